The van der Waals surface area contributed by atoms with Crippen LogP contribution in [0.25, 0.3) is 10.9 Å². The lowest BCUT2D eigenvalue weighted by Gasteiger charge is -2.18. The number of nitrogens with zero attached hydrogens (tertiary/aromatic N) is 1. The summed E-state index contributed by atoms with van der Waals surface area (Å²) in [5.41, 5.74) is 2.15. The maximum Gasteiger partial charge on any atom is 0.129 e. The van der Waals surface area contributed by atoms with E-state index >= 15 is 0 Å². The van der Waals surface area contributed by atoms with Crippen molar-refractivity contribution in [3.05, 3.63) is 35.9 Å². The lowest BCUT2D eigenvalue weighted by molar-refractivity contribution is 0.278. The van der Waals surface area contributed by atoms with E-state index in [1.165, 1.54) is 0 Å². The van der Waals surface area contributed by atoms with Crippen LogP contribution in [-0.4, -0.2) is 22.7 Å². The van der Waals surface area contributed by atoms with E-state index in [9.17, 15) is 0 Å². The Morgan fingerprint density at radius 3 is 2.83 bits per heavy atom. The number of aromatic nitrogens is 1. The Labute approximate surface area is 108 Å². The highest BCUT2D eigenvalue weighted by Gasteiger charge is 2.09. The number of pyridine rings is 1. The third kappa shape index (κ3) is 2.79. The van der Waals surface area contributed by atoms with Crippen molar-refractivity contribution in [2.45, 2.75) is 32.7 Å². The topological polar surface area (TPSA) is 45.1 Å². The van der Waals surface area contributed by atoms with Crippen LogP contribution in [0.4, 0.5) is 5.82 Å². The Kier molecular flexibility index (Phi) is 4.15. The maximum absolute atomic E-state index is 9.03. The molecular weight excluding hydrogens is 224 g/mol. The van der Waals surface area contributed by atoms with Gasteiger partial charge in [-0.1, -0.05) is 25.1 Å². The zero-order chi connectivity index (χ0) is 13.0. The van der Waals surface area contributed by atoms with Gasteiger partial charge in [0.25, 0.3) is 0 Å². The highest BCUT2D eigenvalue weighted by atomic mass is 16.3. The summed E-state index contributed by atoms with van der Waals surface area (Å²) in [5, 5.41) is 13.6. The first kappa shape index (κ1) is 12.8. The molecule has 0 aliphatic rings. The smallest absolute Gasteiger partial charge is 0.129 e. The average Bonchev–Trinajstić information content (AvgIpc) is 2.39. The fourth-order valence-corrected chi connectivity index (χ4v) is 2.10. The van der Waals surface area contributed by atoms with Gasteiger partial charge in [0.2, 0.25) is 0 Å². The zero-order valence-corrected chi connectivity index (χ0v) is 11.0. The second kappa shape index (κ2) is 5.83. The van der Waals surface area contributed by atoms with Gasteiger partial charge in [-0.25, -0.2) is 4.98 Å². The minimum Gasteiger partial charge on any atom is -0.396 e. The first-order valence-electron chi connectivity index (χ1n) is 6.48. The summed E-state index contributed by atoms with van der Waals surface area (Å²) in [5.74, 6) is 0.925. The van der Waals surface area contributed by atoms with Crippen molar-refractivity contribution in [2.24, 2.45) is 0 Å². The summed E-state index contributed by atoms with van der Waals surface area (Å²) < 4.78 is 0. The number of benzene rings is 1. The van der Waals surface area contributed by atoms with Crippen molar-refractivity contribution in [1.82, 2.24) is 4.98 Å². The number of para-hydroxylation sites is 1. The van der Waals surface area contributed by atoms with E-state index in [0.29, 0.717) is 0 Å². The Bertz CT molecular complexity index is 525. The monoisotopic (exact) mass is 244 g/mol. The van der Waals surface area contributed by atoms with E-state index in [4.69, 9.17) is 5.11 Å². The minimum absolute atomic E-state index is 0.206. The van der Waals surface area contributed by atoms with Crippen LogP contribution >= 0.6 is 0 Å². The van der Waals surface area contributed by atoms with Crippen LogP contribution in [0.15, 0.2) is 30.3 Å². The average molecular weight is 244 g/mol. The molecule has 0 spiro atoms. The Balaban J connectivity index is 2.29. The van der Waals surface area contributed by atoms with Crippen molar-refractivity contribution < 1.29 is 5.11 Å². The first-order valence-corrected chi connectivity index (χ1v) is 6.48. The van der Waals surface area contributed by atoms with Crippen molar-refractivity contribution >= 4 is 16.7 Å². The number of aliphatic hydroxyl groups is 1. The van der Waals surface area contributed by atoms with Gasteiger partial charge >= 0.3 is 0 Å². The Morgan fingerprint density at radius 2 is 2.11 bits per heavy atom. The van der Waals surface area contributed by atoms with E-state index < -0.39 is 0 Å². The fourth-order valence-electron chi connectivity index (χ4n) is 2.10. The van der Waals surface area contributed by atoms with Gasteiger partial charge in [0, 0.05) is 18.0 Å². The number of nitrogens with one attached hydrogen (secondary N) is 1. The molecule has 0 saturated carbocycles. The Hall–Kier alpha value is -1.61. The molecule has 0 fully saturated rings. The van der Waals surface area contributed by atoms with Crippen LogP contribution in [0.3, 0.4) is 0 Å². The lowest BCUT2D eigenvalue weighted by Crippen LogP contribution is -2.21. The maximum atomic E-state index is 9.03. The summed E-state index contributed by atoms with van der Waals surface area (Å²) in [6.45, 7) is 4.38. The molecule has 1 aromatic heterocycles. The molecule has 0 amide bonds. The van der Waals surface area contributed by atoms with Crippen LogP contribution in [-0.2, 0) is 0 Å². The molecule has 2 rings (SSSR count). The lowest BCUT2D eigenvalue weighted by atomic mass is 10.1. The van der Waals surface area contributed by atoms with Crippen LogP contribution in [0.1, 0.15) is 25.3 Å². The number of anilines is 1. The third-order valence-electron chi connectivity index (χ3n) is 3.23. The molecule has 1 aromatic carbocycles. The molecule has 0 aliphatic heterocycles. The molecule has 18 heavy (non-hydrogen) atoms. The van der Waals surface area contributed by atoms with Crippen LogP contribution in [0.5, 0.6) is 0 Å². The molecule has 3 heteroatoms. The number of hydrogen-bond donors (Lipinski definition) is 2. The molecule has 0 aliphatic carbocycles. The largest absolute Gasteiger partial charge is 0.396 e. The van der Waals surface area contributed by atoms with Gasteiger partial charge in [-0.15, -0.1) is 0 Å². The molecule has 1 unspecified atom stereocenters. The highest BCUT2D eigenvalue weighted by Crippen LogP contribution is 2.20. The van der Waals surface area contributed by atoms with E-state index in [1.54, 1.807) is 0 Å². The van der Waals surface area contributed by atoms with Crippen molar-refractivity contribution in [1.29, 1.82) is 0 Å². The highest BCUT2D eigenvalue weighted by molar-refractivity contribution is 5.81. The quantitative estimate of drug-likeness (QED) is 0.849. The summed E-state index contributed by atoms with van der Waals surface area (Å²) in [6, 6.07) is 10.5. The summed E-state index contributed by atoms with van der Waals surface area (Å²) in [6.07, 6.45) is 1.74. The summed E-state index contributed by atoms with van der Waals surface area (Å²) in [7, 11) is 0. The van der Waals surface area contributed by atoms with Gasteiger partial charge in [0.15, 0.2) is 0 Å². The number of hydrogen-bond acceptors (Lipinski definition) is 3. The molecule has 3 nitrogen and oxygen atoms in total. The second-order valence-electron chi connectivity index (χ2n) is 4.61. The molecular formula is C15H20N2O. The third-order valence-corrected chi connectivity index (χ3v) is 3.23. The predicted octanol–water partition coefficient (Wildman–Crippen LogP) is 3.12. The van der Waals surface area contributed by atoms with E-state index in [2.05, 4.69) is 36.3 Å². The number of rotatable bonds is 5. The normalized spacial score (nSPS) is 12.6. The fraction of sp³-hybridized carbons (Fsp3) is 0.400. The molecule has 0 radical (unpaired) electrons. The summed E-state index contributed by atoms with van der Waals surface area (Å²) in [4.78, 5) is 4.65. The van der Waals surface area contributed by atoms with Gasteiger partial charge in [-0.05, 0) is 37.5 Å². The second-order valence-corrected chi connectivity index (χ2v) is 4.61. The van der Waals surface area contributed by atoms with Gasteiger partial charge < -0.3 is 10.4 Å². The summed E-state index contributed by atoms with van der Waals surface area (Å²) >= 11 is 0. The SMILES string of the molecule is CCC(CCO)Nc1nc2ccccc2cc1C. The minimum atomic E-state index is 0.206. The predicted molar refractivity (Wildman–Crippen MR) is 75.9 cm³/mol. The van der Waals surface area contributed by atoms with Crippen LogP contribution < -0.4 is 5.32 Å². The molecule has 1 heterocycles. The Morgan fingerprint density at radius 1 is 1.33 bits per heavy atom. The van der Waals surface area contributed by atoms with E-state index in [0.717, 1.165) is 35.1 Å². The molecule has 96 valence electrons. The van der Waals surface area contributed by atoms with Crippen molar-refractivity contribution in [3.8, 4) is 0 Å². The van der Waals surface area contributed by atoms with Crippen LogP contribution in [0, 0.1) is 6.92 Å². The van der Waals surface area contributed by atoms with Crippen molar-refractivity contribution in [2.75, 3.05) is 11.9 Å². The van der Waals surface area contributed by atoms with E-state index in [1.807, 2.05) is 18.2 Å². The van der Waals surface area contributed by atoms with Gasteiger partial charge in [0.1, 0.15) is 5.82 Å². The zero-order valence-electron chi connectivity index (χ0n) is 11.0. The van der Waals surface area contributed by atoms with Crippen LogP contribution in [0.2, 0.25) is 0 Å². The first-order chi connectivity index (χ1) is 8.74. The molecule has 0 bridgehead atoms. The number of fused-ring (bicyclic) bond motifs is 1. The number of aryl methyl sites for hydroxylation is 1. The molecule has 2 N–H and O–H groups in total. The van der Waals surface area contributed by atoms with Crippen molar-refractivity contribution in [3.63, 3.8) is 0 Å². The van der Waals surface area contributed by atoms with Gasteiger partial charge in [0.05, 0.1) is 5.52 Å². The van der Waals surface area contributed by atoms with Gasteiger partial charge in [-0.2, -0.15) is 0 Å². The molecule has 1 atom stereocenters. The van der Waals surface area contributed by atoms with Gasteiger partial charge in [-0.3, -0.25) is 0 Å². The van der Waals surface area contributed by atoms with E-state index in [-0.39, 0.29) is 12.6 Å². The standard InChI is InChI=1S/C15H20N2O/c1-3-13(8-9-18)16-15-11(2)10-12-6-4-5-7-14(12)17-15/h4-7,10,13,18H,3,8-9H2,1-2H3,(H,16,17). The number of aliphatic hydroxyl groups excluding tert-OH is 1. The molecule has 2 aromatic rings. The molecule has 0 saturated heterocycles.